The number of nitrogens with one attached hydrogen (secondary N) is 1. The number of carbonyl (C=O) groups excluding carboxylic acids is 1. The summed E-state index contributed by atoms with van der Waals surface area (Å²) in [4.78, 5) is 18.6. The molecule has 1 N–H and O–H groups in total. The third-order valence-electron chi connectivity index (χ3n) is 7.23. The molecule has 1 aliphatic heterocycles. The molecule has 0 spiro atoms. The number of ether oxygens (including phenoxy) is 2. The van der Waals surface area contributed by atoms with E-state index in [4.69, 9.17) is 4.74 Å². The fraction of sp³-hybridized carbons (Fsp3) is 0.367. The van der Waals surface area contributed by atoms with Gasteiger partial charge in [0.25, 0.3) is 5.91 Å². The van der Waals surface area contributed by atoms with Gasteiger partial charge >= 0.3 is 12.8 Å². The van der Waals surface area contributed by atoms with Crippen LogP contribution < -0.4 is 15.0 Å². The Balaban J connectivity index is 1.46. The number of carbonyl (C=O) groups is 1. The standard InChI is InChI=1S/C30H29F5N4O5S/c1-2-45(41,42)25-10-5-19(6-11-25)26(13-14-36)38-28(40)20-3-8-22(9-4-20)39-17-24(15-23(39)18-43-29(31)32)44-27-12-7-21(16-37-27)30(33,34)35/h3-12,16,23-24,26,29H,2,13,15,17-18H2,1H3,(H,38,40)/t23-,24-,26-/m0/s1. The molecule has 1 fully saturated rings. The summed E-state index contributed by atoms with van der Waals surface area (Å²) in [5.74, 6) is -0.619. The molecule has 1 aromatic heterocycles. The van der Waals surface area contributed by atoms with Crippen molar-refractivity contribution in [2.75, 3.05) is 23.8 Å². The molecular formula is C30H29F5N4O5S. The van der Waals surface area contributed by atoms with E-state index in [9.17, 15) is 40.4 Å². The predicted molar refractivity (Wildman–Crippen MR) is 152 cm³/mol. The second kappa shape index (κ2) is 14.2. The number of benzene rings is 2. The summed E-state index contributed by atoms with van der Waals surface area (Å²) >= 11 is 0. The molecule has 45 heavy (non-hydrogen) atoms. The van der Waals surface area contributed by atoms with Crippen LogP contribution in [0.5, 0.6) is 5.88 Å². The van der Waals surface area contributed by atoms with Crippen LogP contribution in [0.3, 0.4) is 0 Å². The molecule has 0 aliphatic carbocycles. The average Bonchev–Trinajstić information content (AvgIpc) is 3.42. The van der Waals surface area contributed by atoms with Gasteiger partial charge in [0.15, 0.2) is 9.84 Å². The van der Waals surface area contributed by atoms with Gasteiger partial charge in [-0.25, -0.2) is 13.4 Å². The molecule has 2 heterocycles. The maximum Gasteiger partial charge on any atom is 0.417 e. The molecule has 3 atom stereocenters. The van der Waals surface area contributed by atoms with Crippen LogP contribution in [0.1, 0.15) is 47.3 Å². The number of rotatable bonds is 12. The van der Waals surface area contributed by atoms with Crippen molar-refractivity contribution < 1.29 is 44.6 Å². The number of pyridine rings is 1. The number of anilines is 1. The second-order valence-electron chi connectivity index (χ2n) is 10.2. The number of hydrogen-bond acceptors (Lipinski definition) is 8. The zero-order valence-corrected chi connectivity index (χ0v) is 24.7. The Morgan fingerprint density at radius 1 is 1.11 bits per heavy atom. The Labute approximate surface area is 256 Å². The van der Waals surface area contributed by atoms with Crippen LogP contribution in [0.25, 0.3) is 0 Å². The quantitative estimate of drug-likeness (QED) is 0.253. The van der Waals surface area contributed by atoms with Crippen molar-refractivity contribution in [2.45, 2.75) is 55.6 Å². The Hall–Kier alpha value is -4.29. The third kappa shape index (κ3) is 8.67. The van der Waals surface area contributed by atoms with E-state index in [1.165, 1.54) is 31.2 Å². The van der Waals surface area contributed by atoms with E-state index in [0.29, 0.717) is 17.4 Å². The largest absolute Gasteiger partial charge is 0.472 e. The number of hydrogen-bond donors (Lipinski definition) is 1. The van der Waals surface area contributed by atoms with E-state index < -0.39 is 52.3 Å². The molecule has 15 heteroatoms. The van der Waals surface area contributed by atoms with Gasteiger partial charge in [-0.05, 0) is 48.0 Å². The Bertz CT molecular complexity index is 1600. The number of amides is 1. The van der Waals surface area contributed by atoms with Crippen molar-refractivity contribution in [1.82, 2.24) is 10.3 Å². The molecule has 0 unspecified atom stereocenters. The summed E-state index contributed by atoms with van der Waals surface area (Å²) in [6.45, 7) is -1.65. The maximum absolute atomic E-state index is 13.1. The molecule has 0 saturated carbocycles. The van der Waals surface area contributed by atoms with Crippen molar-refractivity contribution in [3.8, 4) is 11.9 Å². The first-order chi connectivity index (χ1) is 21.3. The lowest BCUT2D eigenvalue weighted by Crippen LogP contribution is -2.34. The average molecular weight is 653 g/mol. The summed E-state index contributed by atoms with van der Waals surface area (Å²) in [5, 5.41) is 12.1. The van der Waals surface area contributed by atoms with Gasteiger partial charge in [0.05, 0.1) is 53.9 Å². The molecule has 1 aliphatic rings. The SMILES string of the molecule is CCS(=O)(=O)c1ccc([C@H](CC#N)NC(=O)c2ccc(N3C[C@@H](Oc4ccc(C(F)(F)F)cn4)C[C@H]3COC(F)F)cc2)cc1. The maximum atomic E-state index is 13.1. The van der Waals surface area contributed by atoms with Crippen LogP contribution >= 0.6 is 0 Å². The Morgan fingerprint density at radius 2 is 1.80 bits per heavy atom. The normalized spacial score (nSPS) is 17.6. The second-order valence-corrected chi connectivity index (χ2v) is 12.4. The van der Waals surface area contributed by atoms with Gasteiger partial charge in [0, 0.05) is 29.9 Å². The number of alkyl halides is 5. The van der Waals surface area contributed by atoms with Crippen molar-refractivity contribution in [1.29, 1.82) is 5.26 Å². The van der Waals surface area contributed by atoms with Crippen molar-refractivity contribution in [3.63, 3.8) is 0 Å². The lowest BCUT2D eigenvalue weighted by Gasteiger charge is -2.26. The van der Waals surface area contributed by atoms with Gasteiger partial charge in [-0.1, -0.05) is 19.1 Å². The summed E-state index contributed by atoms with van der Waals surface area (Å²) < 4.78 is 98.8. The van der Waals surface area contributed by atoms with E-state index in [1.807, 2.05) is 6.07 Å². The number of aromatic nitrogens is 1. The minimum Gasteiger partial charge on any atom is -0.472 e. The molecule has 1 saturated heterocycles. The zero-order valence-electron chi connectivity index (χ0n) is 23.9. The van der Waals surface area contributed by atoms with Crippen molar-refractivity contribution in [2.24, 2.45) is 0 Å². The van der Waals surface area contributed by atoms with Crippen LogP contribution in [-0.2, 0) is 20.8 Å². The lowest BCUT2D eigenvalue weighted by atomic mass is 10.0. The van der Waals surface area contributed by atoms with Gasteiger partial charge in [-0.2, -0.15) is 27.2 Å². The fourth-order valence-electron chi connectivity index (χ4n) is 4.87. The highest BCUT2D eigenvalue weighted by atomic mass is 32.2. The minimum atomic E-state index is -4.56. The van der Waals surface area contributed by atoms with E-state index in [2.05, 4.69) is 15.0 Å². The highest BCUT2D eigenvalue weighted by Crippen LogP contribution is 2.32. The first-order valence-electron chi connectivity index (χ1n) is 13.8. The molecule has 240 valence electrons. The van der Waals surface area contributed by atoms with Gasteiger partial charge in [-0.3, -0.25) is 4.79 Å². The summed E-state index contributed by atoms with van der Waals surface area (Å²) in [6.07, 6.45) is -4.37. The van der Waals surface area contributed by atoms with E-state index in [0.717, 1.165) is 12.1 Å². The predicted octanol–water partition coefficient (Wildman–Crippen LogP) is 5.54. The molecule has 3 aromatic rings. The molecule has 0 bridgehead atoms. The fourth-order valence-corrected chi connectivity index (χ4v) is 5.75. The van der Waals surface area contributed by atoms with Gasteiger partial charge in [0.1, 0.15) is 6.10 Å². The van der Waals surface area contributed by atoms with Gasteiger partial charge < -0.3 is 19.7 Å². The molecule has 4 rings (SSSR count). The van der Waals surface area contributed by atoms with Crippen LogP contribution in [-0.4, -0.2) is 57.0 Å². The molecular weight excluding hydrogens is 623 g/mol. The van der Waals surface area contributed by atoms with Crippen molar-refractivity contribution in [3.05, 3.63) is 83.6 Å². The number of sulfone groups is 1. The number of halogens is 5. The molecule has 2 aromatic carbocycles. The van der Waals surface area contributed by atoms with Gasteiger partial charge in [0.2, 0.25) is 5.88 Å². The summed E-state index contributed by atoms with van der Waals surface area (Å²) in [6, 6.07) is 14.8. The third-order valence-corrected chi connectivity index (χ3v) is 8.98. The molecule has 1 amide bonds. The van der Waals surface area contributed by atoms with Crippen molar-refractivity contribution >= 4 is 21.4 Å². The monoisotopic (exact) mass is 652 g/mol. The van der Waals surface area contributed by atoms with Crippen LogP contribution in [0.2, 0.25) is 0 Å². The van der Waals surface area contributed by atoms with Gasteiger partial charge in [-0.15, -0.1) is 0 Å². The van der Waals surface area contributed by atoms with E-state index >= 15 is 0 Å². The minimum absolute atomic E-state index is 0.0519. The molecule has 9 nitrogen and oxygen atoms in total. The smallest absolute Gasteiger partial charge is 0.417 e. The first kappa shape index (κ1) is 33.6. The zero-order chi connectivity index (χ0) is 32.8. The first-order valence-corrected chi connectivity index (χ1v) is 15.4. The van der Waals surface area contributed by atoms with Crippen LogP contribution in [0, 0.1) is 11.3 Å². The Kier molecular flexibility index (Phi) is 10.6. The molecule has 0 radical (unpaired) electrons. The van der Waals surface area contributed by atoms with Crippen LogP contribution in [0.4, 0.5) is 27.6 Å². The highest BCUT2D eigenvalue weighted by Gasteiger charge is 2.35. The highest BCUT2D eigenvalue weighted by molar-refractivity contribution is 7.91. The number of nitrogens with zero attached hydrogens (tertiary/aromatic N) is 3. The lowest BCUT2D eigenvalue weighted by molar-refractivity contribution is -0.138. The van der Waals surface area contributed by atoms with E-state index in [1.54, 1.807) is 29.2 Å². The number of nitriles is 1. The summed E-state index contributed by atoms with van der Waals surface area (Å²) in [7, 11) is -3.42. The summed E-state index contributed by atoms with van der Waals surface area (Å²) in [5.41, 5.74) is 0.411. The van der Waals surface area contributed by atoms with Crippen LogP contribution in [0.15, 0.2) is 71.8 Å². The van der Waals surface area contributed by atoms with E-state index in [-0.39, 0.29) is 48.1 Å². The Morgan fingerprint density at radius 3 is 2.36 bits per heavy atom. The topological polar surface area (TPSA) is 122 Å².